The van der Waals surface area contributed by atoms with Crippen molar-refractivity contribution in [2.45, 2.75) is 192 Å². The first-order valence-electron chi connectivity index (χ1n) is 22.5. The SMILES string of the molecule is CC/C=C\C/C=C\C/C=C\C/C=C\C/C=C\C/C=C\C/C=C\CCCCCC(=O)NC(COC1OC(CO)C(O)C(O)C1O)C(O)/C=C/CCCCCCCCCC. The third-order valence-electron chi connectivity index (χ3n) is 9.91. The first-order valence-corrected chi connectivity index (χ1v) is 22.5. The minimum Gasteiger partial charge on any atom is -0.394 e. The predicted octanol–water partition coefficient (Wildman–Crippen LogP) is 9.33. The quantitative estimate of drug-likeness (QED) is 0.0274. The number of unbranched alkanes of at least 4 members (excludes halogenated alkanes) is 11. The molecule has 0 spiro atoms. The van der Waals surface area contributed by atoms with Gasteiger partial charge in [-0.15, -0.1) is 0 Å². The lowest BCUT2D eigenvalue weighted by atomic mass is 9.99. The minimum atomic E-state index is -1.58. The van der Waals surface area contributed by atoms with Crippen LogP contribution in [0.4, 0.5) is 0 Å². The monoisotopic (exact) mass is 812 g/mol. The molecule has 6 N–H and O–H groups in total. The zero-order chi connectivity index (χ0) is 42.3. The maximum Gasteiger partial charge on any atom is 0.220 e. The molecule has 0 bridgehead atoms. The number of carbonyl (C=O) groups is 1. The van der Waals surface area contributed by atoms with Gasteiger partial charge in [-0.1, -0.05) is 162 Å². The molecule has 1 saturated heterocycles. The summed E-state index contributed by atoms with van der Waals surface area (Å²) >= 11 is 0. The molecule has 1 heterocycles. The van der Waals surface area contributed by atoms with Crippen LogP contribution in [0.25, 0.3) is 0 Å². The van der Waals surface area contributed by atoms with E-state index in [9.17, 15) is 30.3 Å². The molecule has 0 aromatic heterocycles. The third kappa shape index (κ3) is 28.5. The van der Waals surface area contributed by atoms with E-state index in [1.54, 1.807) is 6.08 Å². The molecule has 0 aromatic rings. The van der Waals surface area contributed by atoms with Gasteiger partial charge in [-0.25, -0.2) is 0 Å². The third-order valence-corrected chi connectivity index (χ3v) is 9.91. The van der Waals surface area contributed by atoms with Crippen LogP contribution >= 0.6 is 0 Å². The van der Waals surface area contributed by atoms with Gasteiger partial charge < -0.3 is 40.3 Å². The number of aliphatic hydroxyl groups is 5. The Hall–Kier alpha value is -2.89. The topological polar surface area (TPSA) is 149 Å². The van der Waals surface area contributed by atoms with Crippen LogP contribution in [0.3, 0.4) is 0 Å². The summed E-state index contributed by atoms with van der Waals surface area (Å²) in [5.41, 5.74) is 0. The number of ether oxygens (including phenoxy) is 2. The maximum absolute atomic E-state index is 12.9. The Morgan fingerprint density at radius 2 is 1.07 bits per heavy atom. The summed E-state index contributed by atoms with van der Waals surface area (Å²) in [4.78, 5) is 12.9. The van der Waals surface area contributed by atoms with Crippen molar-refractivity contribution in [3.05, 3.63) is 97.2 Å². The number of allylic oxidation sites excluding steroid dienone is 15. The van der Waals surface area contributed by atoms with Gasteiger partial charge in [-0.05, 0) is 77.0 Å². The van der Waals surface area contributed by atoms with E-state index in [1.165, 1.54) is 38.5 Å². The van der Waals surface area contributed by atoms with E-state index in [0.717, 1.165) is 83.5 Å². The van der Waals surface area contributed by atoms with Crippen LogP contribution in [-0.4, -0.2) is 87.5 Å². The van der Waals surface area contributed by atoms with Gasteiger partial charge in [-0.3, -0.25) is 4.79 Å². The van der Waals surface area contributed by atoms with Crippen molar-refractivity contribution in [2.75, 3.05) is 13.2 Å². The second kappa shape index (κ2) is 38.3. The minimum absolute atomic E-state index is 0.209. The maximum atomic E-state index is 12.9. The largest absolute Gasteiger partial charge is 0.394 e. The second-order valence-electron chi connectivity index (χ2n) is 15.1. The normalized spacial score (nSPS) is 21.8. The molecule has 1 rings (SSSR count). The van der Waals surface area contributed by atoms with E-state index in [1.807, 2.05) is 6.08 Å². The summed E-state index contributed by atoms with van der Waals surface area (Å²) in [6.07, 6.45) is 47.4. The molecule has 1 fully saturated rings. The van der Waals surface area contributed by atoms with E-state index < -0.39 is 49.5 Å². The first-order chi connectivity index (χ1) is 28.3. The zero-order valence-electron chi connectivity index (χ0n) is 36.0. The van der Waals surface area contributed by atoms with Crippen molar-refractivity contribution in [1.82, 2.24) is 5.32 Å². The molecule has 0 aromatic carbocycles. The Morgan fingerprint density at radius 3 is 1.59 bits per heavy atom. The zero-order valence-corrected chi connectivity index (χ0v) is 36.0. The number of amides is 1. The summed E-state index contributed by atoms with van der Waals surface area (Å²) in [5, 5.41) is 54.0. The van der Waals surface area contributed by atoms with Crippen molar-refractivity contribution in [1.29, 1.82) is 0 Å². The van der Waals surface area contributed by atoms with Gasteiger partial charge in [0.15, 0.2) is 6.29 Å². The van der Waals surface area contributed by atoms with Crippen molar-refractivity contribution in [3.8, 4) is 0 Å². The highest BCUT2D eigenvalue weighted by atomic mass is 16.7. The molecule has 1 amide bonds. The molecule has 0 radical (unpaired) electrons. The smallest absolute Gasteiger partial charge is 0.220 e. The van der Waals surface area contributed by atoms with Gasteiger partial charge in [0.25, 0.3) is 0 Å². The first kappa shape index (κ1) is 53.1. The van der Waals surface area contributed by atoms with E-state index in [4.69, 9.17) is 9.47 Å². The molecule has 1 aliphatic heterocycles. The van der Waals surface area contributed by atoms with Crippen LogP contribution in [0.15, 0.2) is 97.2 Å². The summed E-state index contributed by atoms with van der Waals surface area (Å²) in [5.74, 6) is -0.217. The molecule has 9 heteroatoms. The Morgan fingerprint density at radius 1 is 0.603 bits per heavy atom. The summed E-state index contributed by atoms with van der Waals surface area (Å²) in [6.45, 7) is 3.58. The van der Waals surface area contributed by atoms with Gasteiger partial charge in [-0.2, -0.15) is 0 Å². The second-order valence-corrected chi connectivity index (χ2v) is 15.1. The molecule has 0 saturated carbocycles. The molecule has 1 aliphatic rings. The Balaban J connectivity index is 2.35. The van der Waals surface area contributed by atoms with Crippen LogP contribution in [0.5, 0.6) is 0 Å². The number of aliphatic hydroxyl groups excluding tert-OH is 5. The molecule has 0 aliphatic carbocycles. The van der Waals surface area contributed by atoms with Crippen LogP contribution in [0.1, 0.15) is 149 Å². The van der Waals surface area contributed by atoms with Gasteiger partial charge >= 0.3 is 0 Å². The van der Waals surface area contributed by atoms with E-state index >= 15 is 0 Å². The van der Waals surface area contributed by atoms with Gasteiger partial charge in [0.05, 0.1) is 25.4 Å². The van der Waals surface area contributed by atoms with Gasteiger partial charge in [0, 0.05) is 6.42 Å². The van der Waals surface area contributed by atoms with Crippen molar-refractivity contribution >= 4 is 5.91 Å². The molecule has 7 unspecified atom stereocenters. The van der Waals surface area contributed by atoms with Crippen LogP contribution in [-0.2, 0) is 14.3 Å². The number of hydrogen-bond donors (Lipinski definition) is 6. The molecule has 58 heavy (non-hydrogen) atoms. The summed E-state index contributed by atoms with van der Waals surface area (Å²) < 4.78 is 11.2. The number of hydrogen-bond acceptors (Lipinski definition) is 8. The highest BCUT2D eigenvalue weighted by Crippen LogP contribution is 2.22. The van der Waals surface area contributed by atoms with E-state index in [2.05, 4.69) is 104 Å². The van der Waals surface area contributed by atoms with Crippen LogP contribution in [0.2, 0.25) is 0 Å². The number of nitrogens with one attached hydrogen (secondary N) is 1. The van der Waals surface area contributed by atoms with Crippen molar-refractivity contribution in [3.63, 3.8) is 0 Å². The van der Waals surface area contributed by atoms with Crippen LogP contribution < -0.4 is 5.32 Å². The van der Waals surface area contributed by atoms with Crippen molar-refractivity contribution in [2.24, 2.45) is 0 Å². The van der Waals surface area contributed by atoms with Crippen molar-refractivity contribution < 1.29 is 39.8 Å². The fourth-order valence-corrected chi connectivity index (χ4v) is 6.31. The van der Waals surface area contributed by atoms with Crippen LogP contribution in [0, 0.1) is 0 Å². The Labute approximate surface area is 352 Å². The Kier molecular flexibility index (Phi) is 35.1. The molecule has 7 atom stereocenters. The predicted molar refractivity (Wildman–Crippen MR) is 239 cm³/mol. The summed E-state index contributed by atoms with van der Waals surface area (Å²) in [6, 6.07) is -0.827. The number of carbonyl (C=O) groups excluding carboxylic acids is 1. The molecule has 9 nitrogen and oxygen atoms in total. The van der Waals surface area contributed by atoms with E-state index in [-0.39, 0.29) is 12.5 Å². The number of rotatable bonds is 35. The lowest BCUT2D eigenvalue weighted by Gasteiger charge is -2.40. The summed E-state index contributed by atoms with van der Waals surface area (Å²) in [7, 11) is 0. The van der Waals surface area contributed by atoms with Gasteiger partial charge in [0.1, 0.15) is 24.4 Å². The average Bonchev–Trinajstić information content (AvgIpc) is 3.22. The standard InChI is InChI=1S/C49H81NO8/c1-3-5-7-9-11-13-15-16-17-18-19-20-21-22-23-24-25-26-27-28-29-31-33-35-37-39-45(53)50-42(41-57-49-48(56)47(55)46(54)44(40-51)58-49)43(52)38-36-34-32-30-14-12-10-8-6-4-2/h5,7,11,13,16-17,19-20,22-23,25-26,28-29,36,38,42-44,46-49,51-52,54-56H,3-4,6,8-10,12,14-15,18,21,24,27,30-35,37,39-41H2,1-2H3,(H,50,53)/b7-5-,13-11-,17-16-,20-19-,23-22-,26-25-,29-28-,38-36+. The molecule has 330 valence electrons. The average molecular weight is 812 g/mol. The highest BCUT2D eigenvalue weighted by molar-refractivity contribution is 5.76. The molecular weight excluding hydrogens is 731 g/mol. The highest BCUT2D eigenvalue weighted by Gasteiger charge is 2.44. The van der Waals surface area contributed by atoms with E-state index in [0.29, 0.717) is 12.8 Å². The lowest BCUT2D eigenvalue weighted by Crippen LogP contribution is -2.60. The Bertz CT molecular complexity index is 1220. The van der Waals surface area contributed by atoms with Gasteiger partial charge in [0.2, 0.25) is 5.91 Å². The molecular formula is C49H81NO8. The fourth-order valence-electron chi connectivity index (χ4n) is 6.31. The fraction of sp³-hybridized carbons (Fsp3) is 0.653. The lowest BCUT2D eigenvalue weighted by molar-refractivity contribution is -0.302.